The van der Waals surface area contributed by atoms with Crippen LogP contribution in [0.5, 0.6) is 5.75 Å². The standard InChI is InChI=1S/C23H16O2/c24-22-17-9-2-1-5-14(17)11-12-19(22)23(25)20-13-16-8-3-6-15-7-4-10-18(20)21(15)16/h1-12,20,24H,13H2. The molecule has 1 aliphatic rings. The summed E-state index contributed by atoms with van der Waals surface area (Å²) < 4.78 is 0. The maximum Gasteiger partial charge on any atom is 0.174 e. The first-order valence-corrected chi connectivity index (χ1v) is 8.49. The second-order valence-electron chi connectivity index (χ2n) is 6.67. The molecule has 4 aromatic rings. The van der Waals surface area contributed by atoms with Crippen LogP contribution in [0.1, 0.15) is 27.4 Å². The first-order chi connectivity index (χ1) is 12.2. The van der Waals surface area contributed by atoms with Gasteiger partial charge in [-0.3, -0.25) is 4.79 Å². The van der Waals surface area contributed by atoms with E-state index in [4.69, 9.17) is 0 Å². The number of carbonyl (C=O) groups excluding carboxylic acids is 1. The third kappa shape index (κ3) is 2.01. The highest BCUT2D eigenvalue weighted by atomic mass is 16.3. The summed E-state index contributed by atoms with van der Waals surface area (Å²) in [7, 11) is 0. The fourth-order valence-electron chi connectivity index (χ4n) is 4.12. The van der Waals surface area contributed by atoms with Gasteiger partial charge in [0.2, 0.25) is 0 Å². The van der Waals surface area contributed by atoms with Crippen LogP contribution in [0.15, 0.2) is 72.8 Å². The molecular formula is C23H16O2. The van der Waals surface area contributed by atoms with Crippen LogP contribution in [0.25, 0.3) is 21.5 Å². The second-order valence-corrected chi connectivity index (χ2v) is 6.67. The molecule has 25 heavy (non-hydrogen) atoms. The monoisotopic (exact) mass is 324 g/mol. The van der Waals surface area contributed by atoms with E-state index in [0.717, 1.165) is 16.3 Å². The summed E-state index contributed by atoms with van der Waals surface area (Å²) in [5, 5.41) is 14.7. The lowest BCUT2D eigenvalue weighted by Crippen LogP contribution is -2.12. The van der Waals surface area contributed by atoms with Gasteiger partial charge in [0.25, 0.3) is 0 Å². The average Bonchev–Trinajstić information content (AvgIpc) is 3.03. The molecule has 2 nitrogen and oxygen atoms in total. The predicted molar refractivity (Wildman–Crippen MR) is 100 cm³/mol. The number of hydrogen-bond donors (Lipinski definition) is 1. The fourth-order valence-corrected chi connectivity index (χ4v) is 4.12. The van der Waals surface area contributed by atoms with Crippen molar-refractivity contribution in [1.29, 1.82) is 0 Å². The van der Waals surface area contributed by atoms with Crippen molar-refractivity contribution >= 4 is 27.3 Å². The van der Waals surface area contributed by atoms with Crippen LogP contribution in [0, 0.1) is 0 Å². The molecule has 0 aromatic heterocycles. The molecule has 0 saturated carbocycles. The van der Waals surface area contributed by atoms with E-state index in [2.05, 4.69) is 18.2 Å². The Balaban J connectivity index is 1.65. The van der Waals surface area contributed by atoms with Crippen molar-refractivity contribution in [2.24, 2.45) is 0 Å². The predicted octanol–water partition coefficient (Wildman–Crippen LogP) is 5.22. The number of phenolic OH excluding ortho intramolecular Hbond substituents is 1. The minimum Gasteiger partial charge on any atom is -0.507 e. The third-order valence-corrected chi connectivity index (χ3v) is 5.31. The molecule has 0 saturated heterocycles. The number of carbonyl (C=O) groups is 1. The Morgan fingerprint density at radius 2 is 1.60 bits per heavy atom. The lowest BCUT2D eigenvalue weighted by Gasteiger charge is -2.13. The zero-order valence-electron chi connectivity index (χ0n) is 13.6. The van der Waals surface area contributed by atoms with E-state index in [-0.39, 0.29) is 17.5 Å². The van der Waals surface area contributed by atoms with Crippen LogP contribution in [-0.4, -0.2) is 10.9 Å². The van der Waals surface area contributed by atoms with Gasteiger partial charge in [-0.15, -0.1) is 0 Å². The van der Waals surface area contributed by atoms with E-state index in [0.29, 0.717) is 12.0 Å². The SMILES string of the molecule is O=C(c1ccc2ccccc2c1O)C1Cc2cccc3cccc1c23. The molecule has 0 spiro atoms. The summed E-state index contributed by atoms with van der Waals surface area (Å²) >= 11 is 0. The van der Waals surface area contributed by atoms with Crippen LogP contribution >= 0.6 is 0 Å². The zero-order valence-corrected chi connectivity index (χ0v) is 13.6. The van der Waals surface area contributed by atoms with Gasteiger partial charge in [-0.2, -0.15) is 0 Å². The van der Waals surface area contributed by atoms with Crippen molar-refractivity contribution in [3.8, 4) is 5.75 Å². The van der Waals surface area contributed by atoms with E-state index >= 15 is 0 Å². The van der Waals surface area contributed by atoms with Crippen LogP contribution in [0.3, 0.4) is 0 Å². The lowest BCUT2D eigenvalue weighted by atomic mass is 9.90. The van der Waals surface area contributed by atoms with E-state index in [9.17, 15) is 9.90 Å². The van der Waals surface area contributed by atoms with Crippen LogP contribution < -0.4 is 0 Å². The van der Waals surface area contributed by atoms with Gasteiger partial charge in [-0.25, -0.2) is 0 Å². The molecule has 0 radical (unpaired) electrons. The van der Waals surface area contributed by atoms with Crippen molar-refractivity contribution in [3.63, 3.8) is 0 Å². The smallest absolute Gasteiger partial charge is 0.174 e. The summed E-state index contributed by atoms with van der Waals surface area (Å²) in [4.78, 5) is 13.3. The number of hydrogen-bond acceptors (Lipinski definition) is 2. The fraction of sp³-hybridized carbons (Fsp3) is 0.0870. The topological polar surface area (TPSA) is 37.3 Å². The van der Waals surface area contributed by atoms with Gasteiger partial charge in [-0.05, 0) is 39.8 Å². The Kier molecular flexibility index (Phi) is 2.95. The average molecular weight is 324 g/mol. The molecule has 4 aromatic carbocycles. The number of ketones is 1. The summed E-state index contributed by atoms with van der Waals surface area (Å²) in [6.45, 7) is 0. The number of phenols is 1. The van der Waals surface area contributed by atoms with Crippen LogP contribution in [0.4, 0.5) is 0 Å². The number of rotatable bonds is 2. The molecule has 2 heteroatoms. The number of aromatic hydroxyl groups is 1. The minimum atomic E-state index is -0.229. The molecule has 0 heterocycles. The van der Waals surface area contributed by atoms with Crippen molar-refractivity contribution in [1.82, 2.24) is 0 Å². The Labute approximate surface area is 145 Å². The van der Waals surface area contributed by atoms with Gasteiger partial charge in [0.15, 0.2) is 5.78 Å². The molecule has 120 valence electrons. The first kappa shape index (κ1) is 14.2. The van der Waals surface area contributed by atoms with E-state index in [1.54, 1.807) is 6.07 Å². The molecule has 0 fully saturated rings. The van der Waals surface area contributed by atoms with E-state index < -0.39 is 0 Å². The Morgan fingerprint density at radius 3 is 2.48 bits per heavy atom. The lowest BCUT2D eigenvalue weighted by molar-refractivity contribution is 0.0959. The summed E-state index contributed by atoms with van der Waals surface area (Å²) in [5.74, 6) is -0.147. The largest absolute Gasteiger partial charge is 0.507 e. The highest BCUT2D eigenvalue weighted by Gasteiger charge is 2.31. The van der Waals surface area contributed by atoms with Gasteiger partial charge in [0.1, 0.15) is 5.75 Å². The summed E-state index contributed by atoms with van der Waals surface area (Å²) in [5.41, 5.74) is 2.70. The zero-order chi connectivity index (χ0) is 17.0. The molecule has 0 aliphatic heterocycles. The molecule has 1 aliphatic carbocycles. The molecular weight excluding hydrogens is 308 g/mol. The molecule has 0 amide bonds. The normalized spacial score (nSPS) is 15.8. The Morgan fingerprint density at radius 1 is 0.840 bits per heavy atom. The molecule has 5 rings (SSSR count). The van der Waals surface area contributed by atoms with Crippen molar-refractivity contribution in [2.75, 3.05) is 0 Å². The summed E-state index contributed by atoms with van der Waals surface area (Å²) in [6.07, 6.45) is 0.696. The number of fused-ring (bicyclic) bond motifs is 1. The molecule has 0 bridgehead atoms. The van der Waals surface area contributed by atoms with E-state index in [1.807, 2.05) is 48.5 Å². The van der Waals surface area contributed by atoms with Crippen molar-refractivity contribution in [3.05, 3.63) is 89.5 Å². The first-order valence-electron chi connectivity index (χ1n) is 8.49. The highest BCUT2D eigenvalue weighted by molar-refractivity contribution is 6.10. The van der Waals surface area contributed by atoms with Crippen LogP contribution in [-0.2, 0) is 6.42 Å². The quantitative estimate of drug-likeness (QED) is 0.513. The Bertz CT molecular complexity index is 1150. The highest BCUT2D eigenvalue weighted by Crippen LogP contribution is 2.41. The maximum atomic E-state index is 13.3. The minimum absolute atomic E-state index is 0.00745. The summed E-state index contributed by atoms with van der Waals surface area (Å²) in [6, 6.07) is 23.6. The van der Waals surface area contributed by atoms with Gasteiger partial charge in [0.05, 0.1) is 11.5 Å². The van der Waals surface area contributed by atoms with Gasteiger partial charge in [0, 0.05) is 5.39 Å². The van der Waals surface area contributed by atoms with Gasteiger partial charge >= 0.3 is 0 Å². The van der Waals surface area contributed by atoms with Crippen molar-refractivity contribution in [2.45, 2.75) is 12.3 Å². The second kappa shape index (κ2) is 5.18. The molecule has 1 N–H and O–H groups in total. The molecule has 1 atom stereocenters. The molecule has 1 unspecified atom stereocenters. The third-order valence-electron chi connectivity index (χ3n) is 5.31. The van der Waals surface area contributed by atoms with Gasteiger partial charge in [-0.1, -0.05) is 66.7 Å². The van der Waals surface area contributed by atoms with Gasteiger partial charge < -0.3 is 5.11 Å². The number of Topliss-reactive ketones (excluding diaryl/α,β-unsaturated/α-hetero) is 1. The maximum absolute atomic E-state index is 13.3. The van der Waals surface area contributed by atoms with Crippen LogP contribution in [0.2, 0.25) is 0 Å². The van der Waals surface area contributed by atoms with Crippen molar-refractivity contribution < 1.29 is 9.90 Å². The van der Waals surface area contributed by atoms with E-state index in [1.165, 1.54) is 16.3 Å². The number of benzene rings is 4. The Hall–Kier alpha value is -3.13.